The highest BCUT2D eigenvalue weighted by molar-refractivity contribution is 5.76. The maximum atomic E-state index is 9.23. The summed E-state index contributed by atoms with van der Waals surface area (Å²) in [5, 5.41) is 9.23. The van der Waals surface area contributed by atoms with Crippen molar-refractivity contribution >= 4 is 5.84 Å². The van der Waals surface area contributed by atoms with Crippen molar-refractivity contribution in [3.8, 4) is 0 Å². The van der Waals surface area contributed by atoms with Gasteiger partial charge in [0.25, 0.3) is 0 Å². The first-order valence-corrected chi connectivity index (χ1v) is 7.45. The summed E-state index contributed by atoms with van der Waals surface area (Å²) in [7, 11) is 0. The van der Waals surface area contributed by atoms with Gasteiger partial charge in [-0.3, -0.25) is 4.48 Å². The van der Waals surface area contributed by atoms with Gasteiger partial charge in [0.15, 0.2) is 5.84 Å². The number of amidine groups is 1. The third-order valence-electron chi connectivity index (χ3n) is 3.90. The van der Waals surface area contributed by atoms with E-state index in [1.165, 1.54) is 25.1 Å². The molecule has 0 aromatic heterocycles. The Bertz CT molecular complexity index is 286. The first-order valence-electron chi connectivity index (χ1n) is 7.45. The minimum atomic E-state index is 0.267. The Labute approximate surface area is 112 Å². The van der Waals surface area contributed by atoms with Gasteiger partial charge in [-0.05, 0) is 26.2 Å². The van der Waals surface area contributed by atoms with Gasteiger partial charge in [-0.15, -0.1) is 0 Å². The summed E-state index contributed by atoms with van der Waals surface area (Å²) < 4.78 is 0.926. The van der Waals surface area contributed by atoms with Crippen molar-refractivity contribution in [2.45, 2.75) is 46.0 Å². The van der Waals surface area contributed by atoms with Crippen LogP contribution in [-0.4, -0.2) is 48.2 Å². The highest BCUT2D eigenvalue weighted by atomic mass is 16.3. The molecule has 0 saturated carbocycles. The van der Waals surface area contributed by atoms with Crippen LogP contribution in [0.4, 0.5) is 0 Å². The SMILES string of the molecule is CCC/C=C/CCCC1=NCC[N+]1(CC)CCO. The third-order valence-corrected chi connectivity index (χ3v) is 3.90. The van der Waals surface area contributed by atoms with E-state index >= 15 is 0 Å². The predicted octanol–water partition coefficient (Wildman–Crippen LogP) is 2.75. The Morgan fingerprint density at radius 3 is 2.72 bits per heavy atom. The van der Waals surface area contributed by atoms with Crippen molar-refractivity contribution in [1.29, 1.82) is 0 Å². The second-order valence-corrected chi connectivity index (χ2v) is 5.08. The highest BCUT2D eigenvalue weighted by Crippen LogP contribution is 2.19. The van der Waals surface area contributed by atoms with E-state index in [0.717, 1.165) is 43.5 Å². The molecule has 0 spiro atoms. The molecule has 0 aromatic rings. The lowest BCUT2D eigenvalue weighted by atomic mass is 10.1. The maximum absolute atomic E-state index is 9.23. The zero-order valence-corrected chi connectivity index (χ0v) is 12.1. The summed E-state index contributed by atoms with van der Waals surface area (Å²) in [6.45, 7) is 8.60. The number of rotatable bonds is 9. The first-order chi connectivity index (χ1) is 8.79. The molecule has 104 valence electrons. The van der Waals surface area contributed by atoms with Crippen LogP contribution in [0.25, 0.3) is 0 Å². The molecule has 1 aliphatic rings. The molecule has 0 bridgehead atoms. The number of allylic oxidation sites excluding steroid dienone is 2. The molecular weight excluding hydrogens is 224 g/mol. The molecular formula is C15H29N2O+. The number of unbranched alkanes of at least 4 members (excludes halogenated alkanes) is 2. The van der Waals surface area contributed by atoms with Crippen molar-refractivity contribution in [2.24, 2.45) is 4.99 Å². The Morgan fingerprint density at radius 2 is 2.06 bits per heavy atom. The number of aliphatic hydroxyl groups excluding tert-OH is 1. The normalized spacial score (nSPS) is 23.8. The molecule has 0 radical (unpaired) electrons. The van der Waals surface area contributed by atoms with Crippen molar-refractivity contribution in [1.82, 2.24) is 0 Å². The van der Waals surface area contributed by atoms with E-state index in [9.17, 15) is 5.11 Å². The van der Waals surface area contributed by atoms with E-state index in [2.05, 4.69) is 31.0 Å². The lowest BCUT2D eigenvalue weighted by Gasteiger charge is -2.33. The summed E-state index contributed by atoms with van der Waals surface area (Å²) in [4.78, 5) is 4.67. The van der Waals surface area contributed by atoms with Crippen LogP contribution < -0.4 is 0 Å². The van der Waals surface area contributed by atoms with E-state index in [-0.39, 0.29) is 6.61 Å². The second kappa shape index (κ2) is 8.44. The van der Waals surface area contributed by atoms with Gasteiger partial charge < -0.3 is 5.11 Å². The van der Waals surface area contributed by atoms with E-state index in [1.54, 1.807) is 0 Å². The van der Waals surface area contributed by atoms with Crippen LogP contribution in [0, 0.1) is 0 Å². The van der Waals surface area contributed by atoms with Crippen molar-refractivity contribution in [2.75, 3.05) is 32.8 Å². The monoisotopic (exact) mass is 253 g/mol. The number of aliphatic imine (C=N–C) groups is 1. The smallest absolute Gasteiger partial charge is 0.198 e. The lowest BCUT2D eigenvalue weighted by molar-refractivity contribution is -0.835. The molecule has 0 aromatic carbocycles. The fourth-order valence-electron chi connectivity index (χ4n) is 2.68. The number of aliphatic hydroxyl groups is 1. The average molecular weight is 253 g/mol. The van der Waals surface area contributed by atoms with E-state index in [4.69, 9.17) is 0 Å². The largest absolute Gasteiger partial charge is 0.390 e. The minimum absolute atomic E-state index is 0.267. The summed E-state index contributed by atoms with van der Waals surface area (Å²) in [6, 6.07) is 0. The average Bonchev–Trinajstić information content (AvgIpc) is 2.78. The van der Waals surface area contributed by atoms with E-state index in [1.807, 2.05) is 0 Å². The summed E-state index contributed by atoms with van der Waals surface area (Å²) in [5.41, 5.74) is 0. The van der Waals surface area contributed by atoms with Crippen molar-refractivity contribution < 1.29 is 9.59 Å². The molecule has 3 heteroatoms. The highest BCUT2D eigenvalue weighted by Gasteiger charge is 2.35. The molecule has 18 heavy (non-hydrogen) atoms. The molecule has 0 fully saturated rings. The van der Waals surface area contributed by atoms with Crippen LogP contribution >= 0.6 is 0 Å². The number of quaternary nitrogens is 1. The lowest BCUT2D eigenvalue weighted by Crippen LogP contribution is -2.52. The molecule has 0 aliphatic carbocycles. The van der Waals surface area contributed by atoms with Gasteiger partial charge in [0.2, 0.25) is 0 Å². The van der Waals surface area contributed by atoms with Crippen molar-refractivity contribution in [3.05, 3.63) is 12.2 Å². The Balaban J connectivity index is 2.36. The van der Waals surface area contributed by atoms with Gasteiger partial charge in [0, 0.05) is 6.42 Å². The summed E-state index contributed by atoms with van der Waals surface area (Å²) in [5.74, 6) is 1.32. The van der Waals surface area contributed by atoms with Gasteiger partial charge >= 0.3 is 0 Å². The Kier molecular flexibility index (Phi) is 7.21. The standard InChI is InChI=1S/C15H29N2O/c1-3-5-6-7-8-9-10-15-16-11-12-17(15,4-2)13-14-18/h6-7,18H,3-5,8-14H2,1-2H3/q+1/b7-6+. The number of nitrogens with zero attached hydrogens (tertiary/aromatic N) is 2. The van der Waals surface area contributed by atoms with Crippen LogP contribution in [-0.2, 0) is 0 Å². The third kappa shape index (κ3) is 4.21. The van der Waals surface area contributed by atoms with Gasteiger partial charge in [-0.2, -0.15) is 0 Å². The van der Waals surface area contributed by atoms with E-state index < -0.39 is 0 Å². The molecule has 1 aliphatic heterocycles. The molecule has 1 unspecified atom stereocenters. The number of hydrogen-bond acceptors (Lipinski definition) is 2. The molecule has 3 nitrogen and oxygen atoms in total. The molecule has 0 saturated heterocycles. The summed E-state index contributed by atoms with van der Waals surface area (Å²) >= 11 is 0. The fourth-order valence-corrected chi connectivity index (χ4v) is 2.68. The fraction of sp³-hybridized carbons (Fsp3) is 0.800. The quantitative estimate of drug-likeness (QED) is 0.382. The predicted molar refractivity (Wildman–Crippen MR) is 77.8 cm³/mol. The molecule has 0 amide bonds. The number of likely N-dealkylation sites (N-methyl/N-ethyl adjacent to an activating group) is 1. The molecule has 1 N–H and O–H groups in total. The van der Waals surface area contributed by atoms with Gasteiger partial charge in [-0.1, -0.05) is 25.5 Å². The topological polar surface area (TPSA) is 32.6 Å². The Hall–Kier alpha value is -0.670. The Morgan fingerprint density at radius 1 is 1.28 bits per heavy atom. The zero-order valence-electron chi connectivity index (χ0n) is 12.1. The van der Waals surface area contributed by atoms with E-state index in [0.29, 0.717) is 0 Å². The molecule has 1 rings (SSSR count). The maximum Gasteiger partial charge on any atom is 0.198 e. The van der Waals surface area contributed by atoms with Gasteiger partial charge in [0.05, 0.1) is 19.7 Å². The van der Waals surface area contributed by atoms with Crippen LogP contribution in [0.15, 0.2) is 17.1 Å². The second-order valence-electron chi connectivity index (χ2n) is 5.08. The molecule has 1 heterocycles. The van der Waals surface area contributed by atoms with Crippen LogP contribution in [0.3, 0.4) is 0 Å². The van der Waals surface area contributed by atoms with Gasteiger partial charge in [-0.25, -0.2) is 4.99 Å². The van der Waals surface area contributed by atoms with Crippen LogP contribution in [0.5, 0.6) is 0 Å². The summed E-state index contributed by atoms with van der Waals surface area (Å²) in [6.07, 6.45) is 10.4. The van der Waals surface area contributed by atoms with Crippen LogP contribution in [0.1, 0.15) is 46.0 Å². The number of hydrogen-bond donors (Lipinski definition) is 1. The zero-order chi connectivity index (χ0) is 13.3. The molecule has 1 atom stereocenters. The van der Waals surface area contributed by atoms with Gasteiger partial charge in [0.1, 0.15) is 13.1 Å². The van der Waals surface area contributed by atoms with Crippen LogP contribution in [0.2, 0.25) is 0 Å². The van der Waals surface area contributed by atoms with Crippen molar-refractivity contribution in [3.63, 3.8) is 0 Å². The first kappa shape index (κ1) is 15.4. The minimum Gasteiger partial charge on any atom is -0.390 e.